The second kappa shape index (κ2) is 8.73. The van der Waals surface area contributed by atoms with Crippen LogP contribution < -0.4 is 10.6 Å². The third-order valence-corrected chi connectivity index (χ3v) is 7.24. The molecule has 5 heteroatoms. The Morgan fingerprint density at radius 2 is 1.81 bits per heavy atom. The fourth-order valence-electron chi connectivity index (χ4n) is 5.67. The van der Waals surface area contributed by atoms with Crippen molar-refractivity contribution in [1.29, 1.82) is 0 Å². The van der Waals surface area contributed by atoms with Gasteiger partial charge in [0.25, 0.3) is 0 Å². The fourth-order valence-corrected chi connectivity index (χ4v) is 5.67. The normalized spacial score (nSPS) is 38.3. The highest BCUT2D eigenvalue weighted by molar-refractivity contribution is 5.83. The Morgan fingerprint density at radius 3 is 2.50 bits per heavy atom. The quantitative estimate of drug-likeness (QED) is 0.736. The first kappa shape index (κ1) is 19.7. The van der Waals surface area contributed by atoms with E-state index in [4.69, 9.17) is 4.74 Å². The molecule has 3 aliphatic rings. The molecule has 2 aliphatic carbocycles. The molecule has 3 rings (SSSR count). The van der Waals surface area contributed by atoms with E-state index >= 15 is 0 Å². The average molecular weight is 365 g/mol. The summed E-state index contributed by atoms with van der Waals surface area (Å²) in [5.74, 6) is 2.04. The van der Waals surface area contributed by atoms with Gasteiger partial charge in [0.2, 0.25) is 5.91 Å². The van der Waals surface area contributed by atoms with Gasteiger partial charge in [0, 0.05) is 12.1 Å². The molecule has 1 aliphatic heterocycles. The summed E-state index contributed by atoms with van der Waals surface area (Å²) in [5, 5.41) is 6.85. The Morgan fingerprint density at radius 1 is 1.08 bits per heavy atom. The summed E-state index contributed by atoms with van der Waals surface area (Å²) in [5.41, 5.74) is 0. The van der Waals surface area contributed by atoms with Crippen molar-refractivity contribution in [3.8, 4) is 0 Å². The number of methoxy groups -OCH3 is 1. The van der Waals surface area contributed by atoms with E-state index in [1.165, 1.54) is 45.6 Å². The van der Waals surface area contributed by atoms with Crippen LogP contribution in [0.5, 0.6) is 0 Å². The Bertz CT molecular complexity index is 509. The van der Waals surface area contributed by atoms with Crippen molar-refractivity contribution >= 4 is 11.9 Å². The van der Waals surface area contributed by atoms with Gasteiger partial charge in [0.1, 0.15) is 0 Å². The fraction of sp³-hybridized carbons (Fsp3) is 0.905. The maximum Gasteiger partial charge on any atom is 0.307 e. The van der Waals surface area contributed by atoms with Gasteiger partial charge in [-0.1, -0.05) is 39.5 Å². The van der Waals surface area contributed by atoms with Gasteiger partial charge in [-0.15, -0.1) is 0 Å². The molecule has 1 heterocycles. The van der Waals surface area contributed by atoms with Gasteiger partial charge in [0.05, 0.1) is 19.6 Å². The van der Waals surface area contributed by atoms with Crippen LogP contribution in [0.1, 0.15) is 71.6 Å². The van der Waals surface area contributed by atoms with Crippen LogP contribution in [0.25, 0.3) is 0 Å². The molecule has 3 fully saturated rings. The third-order valence-electron chi connectivity index (χ3n) is 7.24. The summed E-state index contributed by atoms with van der Waals surface area (Å²) >= 11 is 0. The van der Waals surface area contributed by atoms with Crippen molar-refractivity contribution in [2.75, 3.05) is 7.11 Å². The van der Waals surface area contributed by atoms with E-state index in [0.29, 0.717) is 29.7 Å². The second-order valence-corrected chi connectivity index (χ2v) is 8.97. The van der Waals surface area contributed by atoms with Gasteiger partial charge in [-0.05, 0) is 49.4 Å². The Labute approximate surface area is 158 Å². The molecule has 1 saturated heterocycles. The predicted molar refractivity (Wildman–Crippen MR) is 102 cm³/mol. The molecule has 6 unspecified atom stereocenters. The molecule has 26 heavy (non-hydrogen) atoms. The molecule has 7 atom stereocenters. The lowest BCUT2D eigenvalue weighted by Crippen LogP contribution is -2.51. The first-order chi connectivity index (χ1) is 12.5. The highest BCUT2D eigenvalue weighted by atomic mass is 16.5. The van der Waals surface area contributed by atoms with Crippen LogP contribution in [0.4, 0.5) is 0 Å². The number of nitrogens with one attached hydrogen (secondary N) is 2. The monoisotopic (exact) mass is 364 g/mol. The molecular weight excluding hydrogens is 328 g/mol. The summed E-state index contributed by atoms with van der Waals surface area (Å²) in [4.78, 5) is 24.9. The number of hydrogen-bond donors (Lipinski definition) is 2. The van der Waals surface area contributed by atoms with Crippen molar-refractivity contribution in [2.45, 2.75) is 89.8 Å². The lowest BCUT2D eigenvalue weighted by Gasteiger charge is -2.36. The number of esters is 1. The standard InChI is InChI=1S/C21H36N2O3/c1-13-7-4-5-10-16(13)17(12-19(24)26-3)23-21(25)18-11-15-9-6-8-14(2)20(15)22-18/h13-18,20,22H,4-12H2,1-3H3,(H,23,25)/t13?,14?,15?,16?,17-,18?,20?/m0/s1. The first-order valence-corrected chi connectivity index (χ1v) is 10.6. The molecule has 1 amide bonds. The molecule has 0 aromatic carbocycles. The zero-order chi connectivity index (χ0) is 18.7. The topological polar surface area (TPSA) is 67.4 Å². The zero-order valence-corrected chi connectivity index (χ0v) is 16.6. The van der Waals surface area contributed by atoms with Crippen molar-refractivity contribution in [2.24, 2.45) is 23.7 Å². The van der Waals surface area contributed by atoms with Crippen LogP contribution >= 0.6 is 0 Å². The van der Waals surface area contributed by atoms with Crippen LogP contribution in [-0.2, 0) is 14.3 Å². The summed E-state index contributed by atoms with van der Waals surface area (Å²) in [7, 11) is 1.43. The van der Waals surface area contributed by atoms with Crippen molar-refractivity contribution in [1.82, 2.24) is 10.6 Å². The van der Waals surface area contributed by atoms with E-state index in [1.54, 1.807) is 0 Å². The number of ether oxygens (including phenoxy) is 1. The van der Waals surface area contributed by atoms with Gasteiger partial charge in [-0.25, -0.2) is 0 Å². The summed E-state index contributed by atoms with van der Waals surface area (Å²) < 4.78 is 4.90. The zero-order valence-electron chi connectivity index (χ0n) is 16.6. The van der Waals surface area contributed by atoms with Gasteiger partial charge in [-0.2, -0.15) is 0 Å². The van der Waals surface area contributed by atoms with E-state index in [-0.39, 0.29) is 30.4 Å². The van der Waals surface area contributed by atoms with Crippen molar-refractivity contribution in [3.05, 3.63) is 0 Å². The number of amides is 1. The van der Waals surface area contributed by atoms with E-state index in [0.717, 1.165) is 12.8 Å². The highest BCUT2D eigenvalue weighted by Gasteiger charge is 2.42. The van der Waals surface area contributed by atoms with E-state index in [1.807, 2.05) is 0 Å². The van der Waals surface area contributed by atoms with Crippen molar-refractivity contribution in [3.63, 3.8) is 0 Å². The second-order valence-electron chi connectivity index (χ2n) is 8.97. The lowest BCUT2D eigenvalue weighted by atomic mass is 9.75. The number of fused-ring (bicyclic) bond motifs is 1. The molecule has 2 saturated carbocycles. The Kier molecular flexibility index (Phi) is 6.60. The molecule has 0 aromatic rings. The smallest absolute Gasteiger partial charge is 0.307 e. The van der Waals surface area contributed by atoms with Gasteiger partial charge < -0.3 is 15.4 Å². The number of rotatable bonds is 5. The molecule has 0 bridgehead atoms. The molecular formula is C21H36N2O3. The number of carbonyl (C=O) groups is 2. The third kappa shape index (κ3) is 4.41. The number of hydrogen-bond acceptors (Lipinski definition) is 4. The average Bonchev–Trinajstić information content (AvgIpc) is 3.07. The highest BCUT2D eigenvalue weighted by Crippen LogP contribution is 2.37. The molecule has 0 spiro atoms. The van der Waals surface area contributed by atoms with E-state index in [2.05, 4.69) is 24.5 Å². The van der Waals surface area contributed by atoms with Crippen LogP contribution in [0, 0.1) is 23.7 Å². The predicted octanol–water partition coefficient (Wildman–Crippen LogP) is 3.03. The molecule has 2 N–H and O–H groups in total. The Hall–Kier alpha value is -1.10. The van der Waals surface area contributed by atoms with Gasteiger partial charge in [-0.3, -0.25) is 9.59 Å². The molecule has 5 nitrogen and oxygen atoms in total. The van der Waals surface area contributed by atoms with Gasteiger partial charge in [0.15, 0.2) is 0 Å². The maximum atomic E-state index is 13.0. The molecule has 0 aromatic heterocycles. The minimum atomic E-state index is -0.227. The summed E-state index contributed by atoms with van der Waals surface area (Å²) in [6.45, 7) is 4.55. The summed E-state index contributed by atoms with van der Waals surface area (Å²) in [6, 6.07) is 0.267. The van der Waals surface area contributed by atoms with E-state index < -0.39 is 0 Å². The molecule has 148 valence electrons. The van der Waals surface area contributed by atoms with Crippen LogP contribution in [0.3, 0.4) is 0 Å². The van der Waals surface area contributed by atoms with Crippen LogP contribution in [0.2, 0.25) is 0 Å². The lowest BCUT2D eigenvalue weighted by molar-refractivity contribution is -0.142. The van der Waals surface area contributed by atoms with Crippen molar-refractivity contribution < 1.29 is 14.3 Å². The maximum absolute atomic E-state index is 13.0. The van der Waals surface area contributed by atoms with Gasteiger partial charge >= 0.3 is 5.97 Å². The first-order valence-electron chi connectivity index (χ1n) is 10.6. The minimum absolute atomic E-state index is 0.0817. The van der Waals surface area contributed by atoms with Crippen LogP contribution in [-0.4, -0.2) is 37.1 Å². The minimum Gasteiger partial charge on any atom is -0.469 e. The SMILES string of the molecule is COC(=O)C[C@H](NC(=O)C1CC2CCCC(C)C2N1)C1CCCCC1C. The van der Waals surface area contributed by atoms with E-state index in [9.17, 15) is 9.59 Å². The Balaban J connectivity index is 1.64. The van der Waals surface area contributed by atoms with Crippen LogP contribution in [0.15, 0.2) is 0 Å². The number of carbonyl (C=O) groups excluding carboxylic acids is 2. The largest absolute Gasteiger partial charge is 0.469 e. The molecule has 0 radical (unpaired) electrons. The summed E-state index contributed by atoms with van der Waals surface area (Å²) in [6.07, 6.45) is 9.70.